The highest BCUT2D eigenvalue weighted by molar-refractivity contribution is 6.14. The number of likely N-dealkylation sites (tertiary alicyclic amines) is 1. The van der Waals surface area contributed by atoms with Gasteiger partial charge in [-0.2, -0.15) is 0 Å². The largest absolute Gasteiger partial charge is 0.379 e. The topological polar surface area (TPSA) is 236 Å². The van der Waals surface area contributed by atoms with Gasteiger partial charge in [0, 0.05) is 59.2 Å². The summed E-state index contributed by atoms with van der Waals surface area (Å²) in [5.74, 6) is -4.90. The van der Waals surface area contributed by atoms with Crippen LogP contribution in [-0.2, 0) is 59.0 Å². The van der Waals surface area contributed by atoms with Crippen molar-refractivity contribution in [2.24, 2.45) is 17.8 Å². The second kappa shape index (κ2) is 26.6. The van der Waals surface area contributed by atoms with Gasteiger partial charge in [-0.25, -0.2) is 0 Å². The van der Waals surface area contributed by atoms with Crippen LogP contribution in [-0.4, -0.2) is 188 Å². The summed E-state index contributed by atoms with van der Waals surface area (Å²) >= 11 is 0. The third-order valence-corrected chi connectivity index (χ3v) is 14.2. The molecule has 1 fully saturated rings. The lowest BCUT2D eigenvalue weighted by atomic mass is 9.89. The molecular weight excluding hydrogens is 915 g/mol. The zero-order valence-corrected chi connectivity index (χ0v) is 44.6. The van der Waals surface area contributed by atoms with Gasteiger partial charge in [-0.15, -0.1) is 0 Å². The average Bonchev–Trinajstić information content (AvgIpc) is 3.94. The lowest BCUT2D eigenvalue weighted by Gasteiger charge is -2.41. The number of hydrogen-bond acceptors (Lipinski definition) is 12. The number of carbonyl (C=O) groups excluding carboxylic acids is 9. The maximum atomic E-state index is 14.4. The number of methoxy groups -OCH3 is 2. The van der Waals surface area contributed by atoms with Crippen molar-refractivity contribution >= 4 is 58.9 Å². The number of rotatable bonds is 26. The SMILES string of the molecule is CC[C@H](C)[C@@H]([C@@H](CC(=O)N1CCC[C@H]1[C@H](OC)[C@@H](C)C(=O)N(C)CCc1cccc(NC(=O)[C@H](C)NC(=O)[C@H](C)NC(=O)CN2C(=O)C=CC2=O)c1)OC)N(C)C(=O)[C@@H](NC(=O)C(C)(C)N(C)C)C(C)C. The molecule has 0 radical (unpaired) electrons. The van der Waals surface area contributed by atoms with E-state index in [4.69, 9.17) is 9.47 Å². The number of amides is 9. The Morgan fingerprint density at radius 1 is 0.831 bits per heavy atom. The van der Waals surface area contributed by atoms with E-state index in [-0.39, 0.29) is 47.9 Å². The van der Waals surface area contributed by atoms with Crippen LogP contribution in [0, 0.1) is 17.8 Å². The van der Waals surface area contributed by atoms with E-state index in [0.717, 1.165) is 29.0 Å². The summed E-state index contributed by atoms with van der Waals surface area (Å²) < 4.78 is 12.1. The predicted molar refractivity (Wildman–Crippen MR) is 268 cm³/mol. The molecule has 2 aliphatic heterocycles. The number of ether oxygens (including phenoxy) is 2. The average molecular weight is 996 g/mol. The Balaban J connectivity index is 1.62. The van der Waals surface area contributed by atoms with Gasteiger partial charge < -0.3 is 45.4 Å². The van der Waals surface area contributed by atoms with Crippen molar-refractivity contribution in [3.05, 3.63) is 42.0 Å². The third kappa shape index (κ3) is 15.6. The Hall–Kier alpha value is -5.73. The van der Waals surface area contributed by atoms with Gasteiger partial charge in [0.25, 0.3) is 11.8 Å². The third-order valence-electron chi connectivity index (χ3n) is 14.2. The van der Waals surface area contributed by atoms with Gasteiger partial charge in [0.15, 0.2) is 0 Å². The fourth-order valence-electron chi connectivity index (χ4n) is 8.85. The van der Waals surface area contributed by atoms with Gasteiger partial charge >= 0.3 is 0 Å². The number of hydrogen-bond donors (Lipinski definition) is 4. The Morgan fingerprint density at radius 3 is 2.01 bits per heavy atom. The van der Waals surface area contributed by atoms with E-state index in [1.165, 1.54) is 13.8 Å². The molecule has 4 N–H and O–H groups in total. The first-order chi connectivity index (χ1) is 33.2. The molecule has 1 aromatic rings. The fourth-order valence-corrected chi connectivity index (χ4v) is 8.85. The summed E-state index contributed by atoms with van der Waals surface area (Å²) in [6, 6.07) is 3.36. The Labute approximate surface area is 420 Å². The van der Waals surface area contributed by atoms with E-state index in [0.29, 0.717) is 38.0 Å². The minimum atomic E-state index is -1.06. The number of nitrogens with zero attached hydrogens (tertiary/aromatic N) is 5. The molecule has 0 unspecified atom stereocenters. The first-order valence-corrected chi connectivity index (χ1v) is 24.6. The predicted octanol–water partition coefficient (Wildman–Crippen LogP) is 1.96. The first-order valence-electron chi connectivity index (χ1n) is 24.6. The first kappa shape index (κ1) is 59.6. The van der Waals surface area contributed by atoms with Crippen molar-refractivity contribution in [1.82, 2.24) is 40.4 Å². The Morgan fingerprint density at radius 2 is 1.45 bits per heavy atom. The van der Waals surface area contributed by atoms with E-state index in [1.54, 1.807) is 86.9 Å². The van der Waals surface area contributed by atoms with E-state index in [1.807, 2.05) is 47.9 Å². The van der Waals surface area contributed by atoms with Crippen LogP contribution < -0.4 is 21.3 Å². The molecule has 0 aromatic heterocycles. The van der Waals surface area contributed by atoms with E-state index in [9.17, 15) is 43.2 Å². The monoisotopic (exact) mass is 996 g/mol. The molecule has 9 atom stereocenters. The molecule has 0 aliphatic carbocycles. The van der Waals surface area contributed by atoms with E-state index >= 15 is 0 Å². The summed E-state index contributed by atoms with van der Waals surface area (Å²) in [6.07, 6.45) is 3.32. The second-order valence-corrected chi connectivity index (χ2v) is 20.1. The maximum Gasteiger partial charge on any atom is 0.254 e. The van der Waals surface area contributed by atoms with Gasteiger partial charge in [0.1, 0.15) is 24.7 Å². The Bertz CT molecular complexity index is 2090. The number of benzene rings is 1. The van der Waals surface area contributed by atoms with Gasteiger partial charge in [0.2, 0.25) is 41.4 Å². The lowest BCUT2D eigenvalue weighted by Crippen LogP contribution is -2.61. The highest BCUT2D eigenvalue weighted by atomic mass is 16.5. The van der Waals surface area contributed by atoms with Crippen LogP contribution >= 0.6 is 0 Å². The maximum absolute atomic E-state index is 14.4. The lowest BCUT2D eigenvalue weighted by molar-refractivity contribution is -0.149. The van der Waals surface area contributed by atoms with Crippen molar-refractivity contribution in [3.63, 3.8) is 0 Å². The molecule has 1 aromatic carbocycles. The quantitative estimate of drug-likeness (QED) is 0.0976. The molecule has 3 rings (SSSR count). The van der Waals surface area contributed by atoms with Crippen LogP contribution in [0.5, 0.6) is 0 Å². The summed E-state index contributed by atoms with van der Waals surface area (Å²) in [5, 5.41) is 10.7. The minimum absolute atomic E-state index is 0.0102. The van der Waals surface area contributed by atoms with Crippen molar-refractivity contribution < 1.29 is 52.6 Å². The molecule has 20 heteroatoms. The molecule has 71 heavy (non-hydrogen) atoms. The van der Waals surface area contributed by atoms with Crippen molar-refractivity contribution in [2.45, 2.75) is 142 Å². The molecule has 2 heterocycles. The van der Waals surface area contributed by atoms with E-state index in [2.05, 4.69) is 21.3 Å². The van der Waals surface area contributed by atoms with Crippen LogP contribution in [0.4, 0.5) is 5.69 Å². The molecule has 396 valence electrons. The van der Waals surface area contributed by atoms with Crippen molar-refractivity contribution in [3.8, 4) is 0 Å². The van der Waals surface area contributed by atoms with E-state index < -0.39 is 83.9 Å². The molecule has 2 aliphatic rings. The van der Waals surface area contributed by atoms with Gasteiger partial charge in [-0.05, 0) is 90.6 Å². The molecule has 0 bridgehead atoms. The molecule has 0 spiro atoms. The molecule has 1 saturated heterocycles. The number of anilines is 1. The zero-order chi connectivity index (χ0) is 53.7. The van der Waals surface area contributed by atoms with Crippen LogP contribution in [0.15, 0.2) is 36.4 Å². The van der Waals surface area contributed by atoms with Gasteiger partial charge in [0.05, 0.1) is 42.2 Å². The number of likely N-dealkylation sites (N-methyl/N-ethyl adjacent to an activating group) is 3. The minimum Gasteiger partial charge on any atom is -0.379 e. The summed E-state index contributed by atoms with van der Waals surface area (Å²) in [6.45, 7) is 16.4. The zero-order valence-electron chi connectivity index (χ0n) is 44.6. The van der Waals surface area contributed by atoms with Crippen LogP contribution in [0.25, 0.3) is 0 Å². The highest BCUT2D eigenvalue weighted by Crippen LogP contribution is 2.30. The number of carbonyl (C=O) groups is 9. The Kier molecular flexibility index (Phi) is 22.4. The van der Waals surface area contributed by atoms with Gasteiger partial charge in [-0.1, -0.05) is 53.2 Å². The number of imide groups is 1. The molecule has 0 saturated carbocycles. The van der Waals surface area contributed by atoms with Crippen LogP contribution in [0.3, 0.4) is 0 Å². The summed E-state index contributed by atoms with van der Waals surface area (Å²) in [5.41, 5.74) is 0.440. The summed E-state index contributed by atoms with van der Waals surface area (Å²) in [7, 11) is 10.1. The van der Waals surface area contributed by atoms with Crippen LogP contribution in [0.2, 0.25) is 0 Å². The smallest absolute Gasteiger partial charge is 0.254 e. The molecule has 20 nitrogen and oxygen atoms in total. The normalized spacial score (nSPS) is 18.3. The number of nitrogens with one attached hydrogen (secondary N) is 4. The standard InChI is InChI=1S/C51H81N9O11/c1-16-31(4)44(58(13)49(68)43(30(2)3)55-50(69)51(8,9)56(10)11)38(70-14)28-42(64)59-25-18-21-37(59)45(71-15)32(5)48(67)57(12)26-24-35-19-17-20-36(27-35)54-47(66)34(7)53-46(65)33(6)52-39(61)29-60-40(62)22-23-41(60)63/h17,19-20,22-23,27,30-34,37-38,43-45H,16,18,21,24-26,28-29H2,1-15H3,(H,52,61)(H,53,65)(H,54,66)(H,55,69)/t31-,32+,33-,34-,37-,38+,43-,44-,45+/m0/s1. The highest BCUT2D eigenvalue weighted by Gasteiger charge is 2.44. The van der Waals surface area contributed by atoms with Crippen molar-refractivity contribution in [2.75, 3.05) is 67.4 Å². The molecular formula is C51H81N9O11. The van der Waals surface area contributed by atoms with Gasteiger partial charge in [-0.3, -0.25) is 53.0 Å². The van der Waals surface area contributed by atoms with Crippen molar-refractivity contribution in [1.29, 1.82) is 0 Å². The fraction of sp³-hybridized carbons (Fsp3) is 0.667. The van der Waals surface area contributed by atoms with Crippen LogP contribution in [0.1, 0.15) is 93.6 Å². The summed E-state index contributed by atoms with van der Waals surface area (Å²) in [4.78, 5) is 125. The molecule has 9 amide bonds. The second-order valence-electron chi connectivity index (χ2n) is 20.1.